The first-order valence-corrected chi connectivity index (χ1v) is 6.76. The molecule has 0 spiro atoms. The maximum atomic E-state index is 12.4. The van der Waals surface area contributed by atoms with Crippen LogP contribution >= 0.6 is 15.9 Å². The Hall–Kier alpha value is -1.03. The predicted octanol–water partition coefficient (Wildman–Crippen LogP) is 3.54. The summed E-state index contributed by atoms with van der Waals surface area (Å²) in [6.45, 7) is 8.42. The van der Waals surface area contributed by atoms with E-state index in [0.717, 1.165) is 0 Å². The molecule has 4 heteroatoms. The Balaban J connectivity index is 3.05. The van der Waals surface area contributed by atoms with Crippen LogP contribution in [0.25, 0.3) is 0 Å². The van der Waals surface area contributed by atoms with Gasteiger partial charge in [-0.1, -0.05) is 26.8 Å². The van der Waals surface area contributed by atoms with Gasteiger partial charge in [-0.2, -0.15) is 0 Å². The van der Waals surface area contributed by atoms with Crippen LogP contribution < -0.4 is 5.73 Å². The largest absolute Gasteiger partial charge is 0.398 e. The fraction of sp³-hybridized carbons (Fsp3) is 0.500. The van der Waals surface area contributed by atoms with Crippen LogP contribution in [0, 0.1) is 5.41 Å². The topological polar surface area (TPSA) is 46.3 Å². The summed E-state index contributed by atoms with van der Waals surface area (Å²) in [5, 5.41) is 0. The van der Waals surface area contributed by atoms with E-state index in [1.165, 1.54) is 0 Å². The number of nitrogens with zero attached hydrogens (tertiary/aromatic N) is 1. The van der Waals surface area contributed by atoms with Crippen molar-refractivity contribution in [3.8, 4) is 0 Å². The minimum atomic E-state index is -0.0170. The second-order valence-electron chi connectivity index (χ2n) is 5.67. The van der Waals surface area contributed by atoms with Gasteiger partial charge in [0.05, 0.1) is 10.0 Å². The number of nitrogens with two attached hydrogens (primary N) is 1. The Kier molecular flexibility index (Phi) is 4.43. The van der Waals surface area contributed by atoms with E-state index in [0.29, 0.717) is 15.7 Å². The van der Waals surface area contributed by atoms with E-state index in [1.54, 1.807) is 23.1 Å². The number of amides is 1. The molecule has 1 atom stereocenters. The van der Waals surface area contributed by atoms with E-state index >= 15 is 0 Å². The van der Waals surface area contributed by atoms with E-state index in [9.17, 15) is 4.79 Å². The van der Waals surface area contributed by atoms with Gasteiger partial charge in [0.1, 0.15) is 0 Å². The highest BCUT2D eigenvalue weighted by molar-refractivity contribution is 9.10. The van der Waals surface area contributed by atoms with Crippen molar-refractivity contribution in [3.63, 3.8) is 0 Å². The van der Waals surface area contributed by atoms with Crippen LogP contribution in [0.2, 0.25) is 0 Å². The molecular formula is C14H21BrN2O. The van der Waals surface area contributed by atoms with Gasteiger partial charge in [0.15, 0.2) is 0 Å². The first kappa shape index (κ1) is 15.0. The Labute approximate surface area is 117 Å². The Morgan fingerprint density at radius 1 is 1.39 bits per heavy atom. The van der Waals surface area contributed by atoms with Gasteiger partial charge in [0.2, 0.25) is 0 Å². The average Bonchev–Trinajstić information content (AvgIpc) is 2.28. The second kappa shape index (κ2) is 5.31. The summed E-state index contributed by atoms with van der Waals surface area (Å²) in [5.74, 6) is -0.0170. The van der Waals surface area contributed by atoms with E-state index in [4.69, 9.17) is 5.73 Å². The summed E-state index contributed by atoms with van der Waals surface area (Å²) in [6, 6.07) is 5.49. The predicted molar refractivity (Wildman–Crippen MR) is 79.6 cm³/mol. The minimum Gasteiger partial charge on any atom is -0.398 e. The van der Waals surface area contributed by atoms with E-state index in [1.807, 2.05) is 7.05 Å². The fourth-order valence-electron chi connectivity index (χ4n) is 1.66. The van der Waals surface area contributed by atoms with Crippen LogP contribution in [-0.4, -0.2) is 23.9 Å². The van der Waals surface area contributed by atoms with Crippen molar-refractivity contribution in [3.05, 3.63) is 28.2 Å². The van der Waals surface area contributed by atoms with E-state index in [-0.39, 0.29) is 17.4 Å². The smallest absolute Gasteiger partial charge is 0.255 e. The van der Waals surface area contributed by atoms with E-state index < -0.39 is 0 Å². The summed E-state index contributed by atoms with van der Waals surface area (Å²) in [6.07, 6.45) is 0. The number of halogens is 1. The van der Waals surface area contributed by atoms with Gasteiger partial charge in [-0.15, -0.1) is 0 Å². The van der Waals surface area contributed by atoms with Crippen LogP contribution in [-0.2, 0) is 0 Å². The van der Waals surface area contributed by atoms with Gasteiger partial charge in [0, 0.05) is 18.8 Å². The normalized spacial score (nSPS) is 13.2. The molecule has 0 bridgehead atoms. The maximum Gasteiger partial charge on any atom is 0.255 e. The lowest BCUT2D eigenvalue weighted by atomic mass is 9.87. The third-order valence-corrected chi connectivity index (χ3v) is 4.30. The van der Waals surface area contributed by atoms with Crippen molar-refractivity contribution in [2.45, 2.75) is 33.7 Å². The Bertz CT molecular complexity index is 452. The zero-order valence-corrected chi connectivity index (χ0v) is 13.2. The van der Waals surface area contributed by atoms with Gasteiger partial charge < -0.3 is 10.6 Å². The van der Waals surface area contributed by atoms with Crippen LogP contribution in [0.5, 0.6) is 0 Å². The summed E-state index contributed by atoms with van der Waals surface area (Å²) >= 11 is 3.38. The van der Waals surface area contributed by atoms with Gasteiger partial charge in [-0.25, -0.2) is 0 Å². The SMILES string of the molecule is CC(N(C)C(=O)c1cccc(N)c1Br)C(C)(C)C. The van der Waals surface area contributed by atoms with Crippen molar-refractivity contribution in [2.24, 2.45) is 5.41 Å². The quantitative estimate of drug-likeness (QED) is 0.849. The first-order valence-electron chi connectivity index (χ1n) is 5.97. The number of benzene rings is 1. The highest BCUT2D eigenvalue weighted by Gasteiger charge is 2.28. The molecule has 0 saturated carbocycles. The molecule has 0 heterocycles. The lowest BCUT2D eigenvalue weighted by Crippen LogP contribution is -2.43. The average molecular weight is 313 g/mol. The molecule has 0 radical (unpaired) electrons. The lowest BCUT2D eigenvalue weighted by Gasteiger charge is -2.35. The Morgan fingerprint density at radius 3 is 2.44 bits per heavy atom. The monoisotopic (exact) mass is 312 g/mol. The molecule has 0 aliphatic heterocycles. The van der Waals surface area contributed by atoms with Crippen LogP contribution in [0.4, 0.5) is 5.69 Å². The van der Waals surface area contributed by atoms with Crippen molar-refractivity contribution in [2.75, 3.05) is 12.8 Å². The number of hydrogen-bond acceptors (Lipinski definition) is 2. The standard InChI is InChI=1S/C14H21BrN2O/c1-9(14(2,3)4)17(5)13(18)10-7-6-8-11(16)12(10)15/h6-9H,16H2,1-5H3. The number of rotatable bonds is 2. The molecule has 0 fully saturated rings. The van der Waals surface area contributed by atoms with Crippen LogP contribution in [0.15, 0.2) is 22.7 Å². The molecular weight excluding hydrogens is 292 g/mol. The fourth-order valence-corrected chi connectivity index (χ4v) is 2.10. The first-order chi connectivity index (χ1) is 8.16. The van der Waals surface area contributed by atoms with Crippen molar-refractivity contribution < 1.29 is 4.79 Å². The summed E-state index contributed by atoms with van der Waals surface area (Å²) < 4.78 is 0.669. The van der Waals surface area contributed by atoms with E-state index in [2.05, 4.69) is 43.6 Å². The third kappa shape index (κ3) is 3.05. The van der Waals surface area contributed by atoms with Crippen molar-refractivity contribution in [1.82, 2.24) is 4.90 Å². The molecule has 100 valence electrons. The minimum absolute atomic E-state index is 0.0170. The molecule has 1 amide bonds. The highest BCUT2D eigenvalue weighted by atomic mass is 79.9. The molecule has 0 saturated heterocycles. The second-order valence-corrected chi connectivity index (χ2v) is 6.46. The number of carbonyl (C=O) groups excluding carboxylic acids is 1. The third-order valence-electron chi connectivity index (χ3n) is 3.41. The molecule has 0 aromatic heterocycles. The maximum absolute atomic E-state index is 12.4. The highest BCUT2D eigenvalue weighted by Crippen LogP contribution is 2.28. The Morgan fingerprint density at radius 2 is 1.94 bits per heavy atom. The lowest BCUT2D eigenvalue weighted by molar-refractivity contribution is 0.0628. The van der Waals surface area contributed by atoms with Gasteiger partial charge in [-0.3, -0.25) is 4.79 Å². The van der Waals surface area contributed by atoms with Crippen LogP contribution in [0.3, 0.4) is 0 Å². The molecule has 1 rings (SSSR count). The van der Waals surface area contributed by atoms with Crippen molar-refractivity contribution in [1.29, 1.82) is 0 Å². The molecule has 3 nitrogen and oxygen atoms in total. The van der Waals surface area contributed by atoms with Gasteiger partial charge >= 0.3 is 0 Å². The summed E-state index contributed by atoms with van der Waals surface area (Å²) in [4.78, 5) is 14.2. The zero-order chi connectivity index (χ0) is 14.1. The van der Waals surface area contributed by atoms with Crippen molar-refractivity contribution >= 4 is 27.5 Å². The molecule has 0 aliphatic rings. The number of anilines is 1. The molecule has 1 aromatic carbocycles. The summed E-state index contributed by atoms with van der Waals surface area (Å²) in [5.41, 5.74) is 7.03. The molecule has 2 N–H and O–H groups in total. The molecule has 1 aromatic rings. The number of nitrogen functional groups attached to an aromatic ring is 1. The summed E-state index contributed by atoms with van der Waals surface area (Å²) in [7, 11) is 1.83. The van der Waals surface area contributed by atoms with Gasteiger partial charge in [-0.05, 0) is 40.4 Å². The zero-order valence-electron chi connectivity index (χ0n) is 11.6. The van der Waals surface area contributed by atoms with Crippen LogP contribution in [0.1, 0.15) is 38.1 Å². The number of hydrogen-bond donors (Lipinski definition) is 1. The molecule has 0 aliphatic carbocycles. The van der Waals surface area contributed by atoms with Gasteiger partial charge in [0.25, 0.3) is 5.91 Å². The molecule has 18 heavy (non-hydrogen) atoms. The number of carbonyl (C=O) groups is 1. The molecule has 1 unspecified atom stereocenters.